The van der Waals surface area contributed by atoms with Gasteiger partial charge in [0.2, 0.25) is 0 Å². The van der Waals surface area contributed by atoms with Gasteiger partial charge in [-0.3, -0.25) is 4.79 Å². The first-order valence-electron chi connectivity index (χ1n) is 8.87. The number of rotatable bonds is 5. The summed E-state index contributed by atoms with van der Waals surface area (Å²) in [6.45, 7) is -0.0121. The lowest BCUT2D eigenvalue weighted by atomic mass is 10.1. The number of halogens is 4. The molecule has 3 N–H and O–H groups in total. The van der Waals surface area contributed by atoms with Crippen LogP contribution in [-0.4, -0.2) is 11.1 Å². The van der Waals surface area contributed by atoms with Crippen LogP contribution in [0.3, 0.4) is 0 Å². The molecule has 8 heteroatoms. The number of aromatic nitrogens is 1. The predicted molar refractivity (Wildman–Crippen MR) is 99.4 cm³/mol. The smallest absolute Gasteiger partial charge is 0.191 e. The zero-order valence-electron chi connectivity index (χ0n) is 14.7. The van der Waals surface area contributed by atoms with Crippen molar-refractivity contribution in [2.75, 3.05) is 17.6 Å². The van der Waals surface area contributed by atoms with Crippen molar-refractivity contribution in [2.24, 2.45) is 0 Å². The second-order valence-electron chi connectivity index (χ2n) is 6.87. The highest BCUT2D eigenvalue weighted by Crippen LogP contribution is 2.40. The van der Waals surface area contributed by atoms with Crippen LogP contribution in [0.2, 0.25) is 0 Å². The minimum Gasteiger partial charge on any atom is -0.396 e. The Labute approximate surface area is 157 Å². The standard InChI is InChI=1S/C20H17F4N3O/c21-11-2-1-10(13(22)9-11)5-7-26-19-16(23)18(25)15-14(28)6-8-27(12-3-4-12)20(15)17(19)24/h1-2,6,8-9,12,26H,3-5,7,25H2. The van der Waals surface area contributed by atoms with Crippen molar-refractivity contribution in [2.45, 2.75) is 25.3 Å². The molecule has 0 unspecified atom stereocenters. The molecule has 1 saturated carbocycles. The molecule has 28 heavy (non-hydrogen) atoms. The molecule has 0 amide bonds. The molecule has 0 saturated heterocycles. The Bertz CT molecular complexity index is 1140. The third kappa shape index (κ3) is 3.08. The van der Waals surface area contributed by atoms with Gasteiger partial charge in [0.05, 0.1) is 16.6 Å². The van der Waals surface area contributed by atoms with E-state index in [0.717, 1.165) is 25.0 Å². The van der Waals surface area contributed by atoms with Gasteiger partial charge in [-0.1, -0.05) is 6.07 Å². The summed E-state index contributed by atoms with van der Waals surface area (Å²) in [4.78, 5) is 12.2. The summed E-state index contributed by atoms with van der Waals surface area (Å²) in [7, 11) is 0. The fourth-order valence-corrected chi connectivity index (χ4v) is 3.35. The van der Waals surface area contributed by atoms with E-state index in [0.29, 0.717) is 0 Å². The quantitative estimate of drug-likeness (QED) is 0.508. The van der Waals surface area contributed by atoms with Crippen molar-refractivity contribution in [1.29, 1.82) is 0 Å². The lowest BCUT2D eigenvalue weighted by molar-refractivity contribution is 0.572. The van der Waals surface area contributed by atoms with E-state index >= 15 is 4.39 Å². The SMILES string of the molecule is Nc1c(F)c(NCCc2ccc(F)cc2F)c(F)c2c1c(=O)ccn2C1CC1. The van der Waals surface area contributed by atoms with E-state index in [9.17, 15) is 18.0 Å². The second kappa shape index (κ2) is 6.85. The number of hydrogen-bond acceptors (Lipinski definition) is 3. The summed E-state index contributed by atoms with van der Waals surface area (Å²) in [5.41, 5.74) is 4.53. The molecular formula is C20H17F4N3O. The van der Waals surface area contributed by atoms with Crippen molar-refractivity contribution < 1.29 is 17.6 Å². The van der Waals surface area contributed by atoms with Gasteiger partial charge in [-0.25, -0.2) is 17.6 Å². The van der Waals surface area contributed by atoms with Gasteiger partial charge < -0.3 is 15.6 Å². The summed E-state index contributed by atoms with van der Waals surface area (Å²) in [6.07, 6.45) is 3.23. The molecular weight excluding hydrogens is 374 g/mol. The maximum Gasteiger partial charge on any atom is 0.191 e. The highest BCUT2D eigenvalue weighted by atomic mass is 19.1. The van der Waals surface area contributed by atoms with Crippen LogP contribution in [-0.2, 0) is 6.42 Å². The molecule has 1 aliphatic rings. The van der Waals surface area contributed by atoms with Gasteiger partial charge in [0.1, 0.15) is 17.3 Å². The number of anilines is 2. The number of hydrogen-bond donors (Lipinski definition) is 2. The van der Waals surface area contributed by atoms with Gasteiger partial charge >= 0.3 is 0 Å². The maximum atomic E-state index is 15.2. The molecule has 1 heterocycles. The van der Waals surface area contributed by atoms with Crippen LogP contribution in [0, 0.1) is 23.3 Å². The number of fused-ring (bicyclic) bond motifs is 1. The molecule has 0 spiro atoms. The summed E-state index contributed by atoms with van der Waals surface area (Å²) in [5, 5.41) is 2.42. The largest absolute Gasteiger partial charge is 0.396 e. The van der Waals surface area contributed by atoms with E-state index in [1.165, 1.54) is 18.3 Å². The number of nitrogen functional groups attached to an aromatic ring is 1. The average molecular weight is 391 g/mol. The van der Waals surface area contributed by atoms with Crippen LogP contribution in [0.5, 0.6) is 0 Å². The lowest BCUT2D eigenvalue weighted by Crippen LogP contribution is -2.16. The zero-order valence-corrected chi connectivity index (χ0v) is 14.7. The maximum absolute atomic E-state index is 15.2. The Hall–Kier alpha value is -3.03. The first kappa shape index (κ1) is 18.3. The molecule has 0 aliphatic heterocycles. The van der Waals surface area contributed by atoms with E-state index in [4.69, 9.17) is 5.73 Å². The van der Waals surface area contributed by atoms with Crippen molar-refractivity contribution >= 4 is 22.3 Å². The monoisotopic (exact) mass is 391 g/mol. The van der Waals surface area contributed by atoms with Gasteiger partial charge in [-0.2, -0.15) is 0 Å². The Kier molecular flexibility index (Phi) is 4.49. The minimum atomic E-state index is -1.06. The third-order valence-corrected chi connectivity index (χ3v) is 4.93. The molecule has 146 valence electrons. The minimum absolute atomic E-state index is 0.0121. The van der Waals surface area contributed by atoms with Gasteiger partial charge in [0.25, 0.3) is 0 Å². The first-order chi connectivity index (χ1) is 13.4. The zero-order chi connectivity index (χ0) is 20.0. The second-order valence-corrected chi connectivity index (χ2v) is 6.87. The van der Waals surface area contributed by atoms with E-state index < -0.39 is 40.1 Å². The van der Waals surface area contributed by atoms with Crippen LogP contribution in [0.15, 0.2) is 35.3 Å². The fourth-order valence-electron chi connectivity index (χ4n) is 3.35. The summed E-state index contributed by atoms with van der Waals surface area (Å²) in [6, 6.07) is 4.43. The summed E-state index contributed by atoms with van der Waals surface area (Å²) < 4.78 is 58.1. The molecule has 4 nitrogen and oxygen atoms in total. The Balaban J connectivity index is 1.71. The van der Waals surface area contributed by atoms with Gasteiger partial charge in [0, 0.05) is 30.9 Å². The highest BCUT2D eigenvalue weighted by Gasteiger charge is 2.29. The molecule has 4 rings (SSSR count). The number of nitrogens with zero attached hydrogens (tertiary/aromatic N) is 1. The molecule has 1 fully saturated rings. The molecule has 0 atom stereocenters. The average Bonchev–Trinajstić information content (AvgIpc) is 3.49. The first-order valence-corrected chi connectivity index (χ1v) is 8.87. The molecule has 1 aromatic heterocycles. The van der Waals surface area contributed by atoms with E-state index in [-0.39, 0.29) is 35.5 Å². The Morgan fingerprint density at radius 3 is 2.54 bits per heavy atom. The number of nitrogens with two attached hydrogens (primary N) is 1. The molecule has 3 aromatic rings. The van der Waals surface area contributed by atoms with Crippen LogP contribution >= 0.6 is 0 Å². The van der Waals surface area contributed by atoms with Crippen molar-refractivity contribution in [3.8, 4) is 0 Å². The Morgan fingerprint density at radius 1 is 1.11 bits per heavy atom. The van der Waals surface area contributed by atoms with E-state index in [1.54, 1.807) is 4.57 Å². The Morgan fingerprint density at radius 2 is 1.86 bits per heavy atom. The number of benzene rings is 2. The third-order valence-electron chi connectivity index (χ3n) is 4.93. The molecule has 0 radical (unpaired) electrons. The van der Waals surface area contributed by atoms with Crippen molar-refractivity contribution in [3.63, 3.8) is 0 Å². The molecule has 1 aliphatic carbocycles. The van der Waals surface area contributed by atoms with Crippen LogP contribution in [0.4, 0.5) is 28.9 Å². The van der Waals surface area contributed by atoms with E-state index in [2.05, 4.69) is 5.32 Å². The fraction of sp³-hybridized carbons (Fsp3) is 0.250. The van der Waals surface area contributed by atoms with E-state index in [1.807, 2.05) is 0 Å². The topological polar surface area (TPSA) is 60.0 Å². The van der Waals surface area contributed by atoms with Gasteiger partial charge in [0.15, 0.2) is 17.1 Å². The summed E-state index contributed by atoms with van der Waals surface area (Å²) >= 11 is 0. The summed E-state index contributed by atoms with van der Waals surface area (Å²) in [5.74, 6) is -3.41. The number of pyridine rings is 1. The predicted octanol–water partition coefficient (Wildman–Crippen LogP) is 4.13. The lowest BCUT2D eigenvalue weighted by Gasteiger charge is -2.17. The van der Waals surface area contributed by atoms with Gasteiger partial charge in [-0.05, 0) is 30.9 Å². The molecule has 0 bridgehead atoms. The van der Waals surface area contributed by atoms with Crippen LogP contribution in [0.1, 0.15) is 24.4 Å². The van der Waals surface area contributed by atoms with Crippen molar-refractivity contribution in [1.82, 2.24) is 4.57 Å². The van der Waals surface area contributed by atoms with Gasteiger partial charge in [-0.15, -0.1) is 0 Å². The van der Waals surface area contributed by atoms with Crippen molar-refractivity contribution in [3.05, 3.63) is 69.5 Å². The van der Waals surface area contributed by atoms with Crippen LogP contribution < -0.4 is 16.5 Å². The van der Waals surface area contributed by atoms with Crippen LogP contribution in [0.25, 0.3) is 10.9 Å². The normalized spacial score (nSPS) is 13.9. The highest BCUT2D eigenvalue weighted by molar-refractivity contribution is 5.95. The number of nitrogens with one attached hydrogen (secondary N) is 1. The molecule has 2 aromatic carbocycles.